The Bertz CT molecular complexity index is 212. The summed E-state index contributed by atoms with van der Waals surface area (Å²) in [4.78, 5) is 10.3. The number of aliphatic carboxylic acids is 1. The molecule has 100 valence electrons. The van der Waals surface area contributed by atoms with Gasteiger partial charge in [-0.1, -0.05) is 38.3 Å². The lowest BCUT2D eigenvalue weighted by Gasteiger charge is -2.07. The number of hydrogen-bond acceptors (Lipinski definition) is 2. The molecule has 0 aromatic rings. The van der Waals surface area contributed by atoms with E-state index in [4.69, 9.17) is 5.11 Å². The summed E-state index contributed by atoms with van der Waals surface area (Å²) in [6.07, 6.45) is 11.9. The molecule has 1 atom stereocenters. The summed E-state index contributed by atoms with van der Waals surface area (Å²) in [6, 6.07) is 0. The largest absolute Gasteiger partial charge is 0.481 e. The Morgan fingerprint density at radius 3 is 2.35 bits per heavy atom. The zero-order valence-corrected chi connectivity index (χ0v) is 10.9. The van der Waals surface area contributed by atoms with Crippen LogP contribution in [0.2, 0.25) is 0 Å². The molecule has 0 aromatic carbocycles. The molecule has 0 saturated heterocycles. The lowest BCUT2D eigenvalue weighted by Crippen LogP contribution is -2.09. The van der Waals surface area contributed by atoms with E-state index in [1.54, 1.807) is 0 Å². The molecule has 17 heavy (non-hydrogen) atoms. The molecule has 0 amide bonds. The van der Waals surface area contributed by atoms with Crippen molar-refractivity contribution in [2.24, 2.45) is 0 Å². The number of allylic oxidation sites excluding steroid dienone is 2. The highest BCUT2D eigenvalue weighted by atomic mass is 16.4. The normalized spacial score (nSPS) is 13.1. The average Bonchev–Trinajstić information content (AvgIpc) is 2.30. The molecule has 2 N–H and O–H groups in total. The molecule has 1 unspecified atom stereocenters. The number of aliphatic hydroxyl groups is 1. The number of carboxylic acids is 1. The first-order chi connectivity index (χ1) is 8.16. The highest BCUT2D eigenvalue weighted by molar-refractivity contribution is 5.66. The third-order valence-corrected chi connectivity index (χ3v) is 2.74. The van der Waals surface area contributed by atoms with Gasteiger partial charge >= 0.3 is 5.97 Å². The molecule has 0 fully saturated rings. The highest BCUT2D eigenvalue weighted by Crippen LogP contribution is 2.09. The molecular weight excluding hydrogens is 216 g/mol. The van der Waals surface area contributed by atoms with Crippen LogP contribution in [0.3, 0.4) is 0 Å². The minimum absolute atomic E-state index is 0.0675. The molecule has 0 heterocycles. The summed E-state index contributed by atoms with van der Waals surface area (Å²) >= 11 is 0. The molecule has 3 heteroatoms. The van der Waals surface area contributed by atoms with Crippen molar-refractivity contribution >= 4 is 5.97 Å². The molecule has 0 aromatic heterocycles. The second-order valence-corrected chi connectivity index (χ2v) is 4.48. The maximum Gasteiger partial charge on any atom is 0.303 e. The van der Waals surface area contributed by atoms with Crippen LogP contribution in [-0.4, -0.2) is 22.3 Å². The SMILES string of the molecule is CCCCC=CCCCCC(O)CCC(=O)O. The van der Waals surface area contributed by atoms with Crippen molar-refractivity contribution in [1.29, 1.82) is 0 Å². The smallest absolute Gasteiger partial charge is 0.303 e. The molecule has 0 radical (unpaired) electrons. The second kappa shape index (κ2) is 11.6. The predicted octanol–water partition coefficient (Wildman–Crippen LogP) is 3.52. The van der Waals surface area contributed by atoms with Gasteiger partial charge in [-0.3, -0.25) is 4.79 Å². The number of rotatable bonds is 11. The van der Waals surface area contributed by atoms with Gasteiger partial charge in [0.05, 0.1) is 6.10 Å². The molecule has 0 saturated carbocycles. The minimum Gasteiger partial charge on any atom is -0.481 e. The van der Waals surface area contributed by atoms with Crippen molar-refractivity contribution < 1.29 is 15.0 Å². The van der Waals surface area contributed by atoms with Crippen LogP contribution in [0.25, 0.3) is 0 Å². The summed E-state index contributed by atoms with van der Waals surface area (Å²) < 4.78 is 0. The van der Waals surface area contributed by atoms with E-state index in [0.717, 1.165) is 32.1 Å². The van der Waals surface area contributed by atoms with Crippen LogP contribution in [0.5, 0.6) is 0 Å². The van der Waals surface area contributed by atoms with Gasteiger partial charge in [-0.25, -0.2) is 0 Å². The highest BCUT2D eigenvalue weighted by Gasteiger charge is 2.06. The summed E-state index contributed by atoms with van der Waals surface area (Å²) in [5.74, 6) is -0.831. The van der Waals surface area contributed by atoms with Crippen molar-refractivity contribution in [3.05, 3.63) is 12.2 Å². The number of carbonyl (C=O) groups is 1. The lowest BCUT2D eigenvalue weighted by molar-refractivity contribution is -0.137. The molecule has 0 aliphatic heterocycles. The Labute approximate surface area is 105 Å². The summed E-state index contributed by atoms with van der Waals surface area (Å²) in [7, 11) is 0. The van der Waals surface area contributed by atoms with E-state index in [2.05, 4.69) is 19.1 Å². The third kappa shape index (κ3) is 13.1. The molecular formula is C14H26O3. The summed E-state index contributed by atoms with van der Waals surface area (Å²) in [5, 5.41) is 17.9. The third-order valence-electron chi connectivity index (χ3n) is 2.74. The Hall–Kier alpha value is -0.830. The van der Waals surface area contributed by atoms with Gasteiger partial charge in [0, 0.05) is 6.42 Å². The van der Waals surface area contributed by atoms with Crippen LogP contribution in [-0.2, 0) is 4.79 Å². The average molecular weight is 242 g/mol. The monoisotopic (exact) mass is 242 g/mol. The Kier molecular flexibility index (Phi) is 11.1. The van der Waals surface area contributed by atoms with Crippen molar-refractivity contribution in [2.75, 3.05) is 0 Å². The van der Waals surface area contributed by atoms with Gasteiger partial charge in [-0.2, -0.15) is 0 Å². The first-order valence-corrected chi connectivity index (χ1v) is 6.71. The van der Waals surface area contributed by atoms with Crippen LogP contribution in [0.15, 0.2) is 12.2 Å². The predicted molar refractivity (Wildman–Crippen MR) is 70.0 cm³/mol. The van der Waals surface area contributed by atoms with Crippen LogP contribution in [0.4, 0.5) is 0 Å². The van der Waals surface area contributed by atoms with Crippen LogP contribution in [0, 0.1) is 0 Å². The fraction of sp³-hybridized carbons (Fsp3) is 0.786. The van der Waals surface area contributed by atoms with Crippen molar-refractivity contribution in [1.82, 2.24) is 0 Å². The second-order valence-electron chi connectivity index (χ2n) is 4.48. The van der Waals surface area contributed by atoms with E-state index in [1.165, 1.54) is 12.8 Å². The fourth-order valence-electron chi connectivity index (χ4n) is 1.63. The van der Waals surface area contributed by atoms with Crippen LogP contribution < -0.4 is 0 Å². The summed E-state index contributed by atoms with van der Waals surface area (Å²) in [6.45, 7) is 2.19. The van der Waals surface area contributed by atoms with Crippen molar-refractivity contribution in [2.45, 2.75) is 70.8 Å². The number of hydrogen-bond donors (Lipinski definition) is 2. The van der Waals surface area contributed by atoms with E-state index >= 15 is 0 Å². The van der Waals surface area contributed by atoms with Gasteiger partial charge < -0.3 is 10.2 Å². The Balaban J connectivity index is 3.26. The maximum absolute atomic E-state index is 10.3. The number of unbranched alkanes of at least 4 members (excludes halogenated alkanes) is 4. The molecule has 0 bridgehead atoms. The van der Waals surface area contributed by atoms with E-state index in [0.29, 0.717) is 6.42 Å². The zero-order chi connectivity index (χ0) is 12.9. The van der Waals surface area contributed by atoms with Gasteiger partial charge in [-0.05, 0) is 32.1 Å². The molecule has 0 aliphatic carbocycles. The molecule has 0 spiro atoms. The first kappa shape index (κ1) is 16.2. The summed E-state index contributed by atoms with van der Waals surface area (Å²) in [5.41, 5.74) is 0. The van der Waals surface area contributed by atoms with Crippen molar-refractivity contribution in [3.63, 3.8) is 0 Å². The quantitative estimate of drug-likeness (QED) is 0.430. The van der Waals surface area contributed by atoms with Gasteiger partial charge in [-0.15, -0.1) is 0 Å². The standard InChI is InChI=1S/C14H26O3/c1-2-3-4-5-6-7-8-9-10-13(15)11-12-14(16)17/h5-6,13,15H,2-4,7-12H2,1H3,(H,16,17). The molecule has 0 aliphatic rings. The Morgan fingerprint density at radius 2 is 1.76 bits per heavy atom. The number of carboxylic acid groups (broad SMARTS) is 1. The Morgan fingerprint density at radius 1 is 1.12 bits per heavy atom. The fourth-order valence-corrected chi connectivity index (χ4v) is 1.63. The lowest BCUT2D eigenvalue weighted by atomic mass is 10.1. The van der Waals surface area contributed by atoms with E-state index in [-0.39, 0.29) is 6.42 Å². The minimum atomic E-state index is -0.831. The van der Waals surface area contributed by atoms with Gasteiger partial charge in [0.1, 0.15) is 0 Å². The molecule has 3 nitrogen and oxygen atoms in total. The van der Waals surface area contributed by atoms with E-state index in [1.807, 2.05) is 0 Å². The van der Waals surface area contributed by atoms with E-state index in [9.17, 15) is 9.90 Å². The van der Waals surface area contributed by atoms with Gasteiger partial charge in [0.15, 0.2) is 0 Å². The van der Waals surface area contributed by atoms with Gasteiger partial charge in [0.2, 0.25) is 0 Å². The first-order valence-electron chi connectivity index (χ1n) is 6.71. The topological polar surface area (TPSA) is 57.5 Å². The maximum atomic E-state index is 10.3. The van der Waals surface area contributed by atoms with Gasteiger partial charge in [0.25, 0.3) is 0 Å². The number of aliphatic hydroxyl groups excluding tert-OH is 1. The van der Waals surface area contributed by atoms with Crippen LogP contribution >= 0.6 is 0 Å². The van der Waals surface area contributed by atoms with Crippen molar-refractivity contribution in [3.8, 4) is 0 Å². The van der Waals surface area contributed by atoms with E-state index < -0.39 is 12.1 Å². The van der Waals surface area contributed by atoms with Crippen LogP contribution in [0.1, 0.15) is 64.7 Å². The molecule has 0 rings (SSSR count). The zero-order valence-electron chi connectivity index (χ0n) is 10.9.